The molecule has 1 atom stereocenters. The van der Waals surface area contributed by atoms with Gasteiger partial charge in [0.25, 0.3) is 0 Å². The van der Waals surface area contributed by atoms with Crippen LogP contribution in [0.5, 0.6) is 0 Å². The molecule has 0 amide bonds. The van der Waals surface area contributed by atoms with Crippen LogP contribution in [0.1, 0.15) is 23.2 Å². The van der Waals surface area contributed by atoms with Crippen LogP contribution in [0, 0.1) is 19.8 Å². The van der Waals surface area contributed by atoms with E-state index in [1.165, 1.54) is 30.5 Å². The van der Waals surface area contributed by atoms with Crippen LogP contribution in [0.4, 0.5) is 13.2 Å². The average Bonchev–Trinajstić information content (AvgIpc) is 3.32. The third-order valence-electron chi connectivity index (χ3n) is 4.14. The Morgan fingerprint density at radius 1 is 1.31 bits per heavy atom. The molecule has 0 aliphatic carbocycles. The molecule has 1 N–H and O–H groups in total. The van der Waals surface area contributed by atoms with Crippen molar-refractivity contribution in [2.45, 2.75) is 38.4 Å². The number of nitrogens with one attached hydrogen (secondary N) is 1. The Bertz CT molecular complexity index is 1090. The lowest BCUT2D eigenvalue weighted by atomic mass is 10.2. The number of alkyl halides is 3. The quantitative estimate of drug-likeness (QED) is 0.593. The summed E-state index contributed by atoms with van der Waals surface area (Å²) in [6, 6.07) is 4.09. The molecule has 3 aromatic rings. The standard InChI is InChI=1S/C17H19F3N4O3S2/c1-10(9-24-16(17(18,19)20)6-11(2)23-24)8-22-29(25,26)15-7-14(28-12(15)3)13-4-5-21-27-13/h4-7,10,22H,8-9H2,1-3H3. The maximum atomic E-state index is 13.1. The molecule has 1 unspecified atom stereocenters. The summed E-state index contributed by atoms with van der Waals surface area (Å²) in [6.45, 7) is 4.69. The van der Waals surface area contributed by atoms with Gasteiger partial charge in [-0.3, -0.25) is 4.68 Å². The second-order valence-corrected chi connectivity index (χ2v) is 9.71. The summed E-state index contributed by atoms with van der Waals surface area (Å²) in [5.41, 5.74) is -0.603. The number of hydrogen-bond donors (Lipinski definition) is 1. The molecule has 3 heterocycles. The summed E-state index contributed by atoms with van der Waals surface area (Å²) < 4.78 is 73.0. The number of aromatic nitrogens is 3. The number of sulfonamides is 1. The van der Waals surface area contributed by atoms with Gasteiger partial charge in [-0.15, -0.1) is 11.3 Å². The first-order chi connectivity index (χ1) is 13.5. The third-order valence-corrected chi connectivity index (χ3v) is 6.89. The van der Waals surface area contributed by atoms with E-state index in [-0.39, 0.29) is 23.7 Å². The van der Waals surface area contributed by atoms with E-state index in [2.05, 4.69) is 15.0 Å². The first kappa shape index (κ1) is 21.5. The largest absolute Gasteiger partial charge is 0.433 e. The van der Waals surface area contributed by atoms with E-state index >= 15 is 0 Å². The second kappa shape index (κ2) is 7.92. The molecule has 0 bridgehead atoms. The highest BCUT2D eigenvalue weighted by atomic mass is 32.2. The number of aryl methyl sites for hydroxylation is 2. The molecular weight excluding hydrogens is 429 g/mol. The third kappa shape index (κ3) is 4.87. The van der Waals surface area contributed by atoms with Gasteiger partial charge in [-0.25, -0.2) is 13.1 Å². The Balaban J connectivity index is 1.70. The normalized spacial score (nSPS) is 13.7. The minimum Gasteiger partial charge on any atom is -0.355 e. The van der Waals surface area contributed by atoms with Crippen molar-refractivity contribution in [1.29, 1.82) is 0 Å². The van der Waals surface area contributed by atoms with Gasteiger partial charge in [0, 0.05) is 24.0 Å². The zero-order valence-electron chi connectivity index (χ0n) is 15.8. The Hall–Kier alpha value is -2.18. The van der Waals surface area contributed by atoms with Gasteiger partial charge >= 0.3 is 6.18 Å². The van der Waals surface area contributed by atoms with Crippen molar-refractivity contribution in [2.75, 3.05) is 6.54 Å². The monoisotopic (exact) mass is 448 g/mol. The van der Waals surface area contributed by atoms with E-state index in [0.717, 1.165) is 10.7 Å². The molecular formula is C17H19F3N4O3S2. The molecule has 0 saturated carbocycles. The molecule has 158 valence electrons. The van der Waals surface area contributed by atoms with Crippen molar-refractivity contribution in [3.05, 3.63) is 40.7 Å². The van der Waals surface area contributed by atoms with Crippen LogP contribution in [-0.4, -0.2) is 29.9 Å². The van der Waals surface area contributed by atoms with Crippen LogP contribution in [0.25, 0.3) is 10.6 Å². The molecule has 0 saturated heterocycles. The molecule has 12 heteroatoms. The van der Waals surface area contributed by atoms with Gasteiger partial charge in [0.2, 0.25) is 10.0 Å². The molecule has 0 aliphatic rings. The molecule has 29 heavy (non-hydrogen) atoms. The predicted octanol–water partition coefficient (Wildman–Crippen LogP) is 3.85. The Morgan fingerprint density at radius 2 is 2.03 bits per heavy atom. The molecule has 7 nitrogen and oxygen atoms in total. The van der Waals surface area contributed by atoms with Gasteiger partial charge in [-0.1, -0.05) is 12.1 Å². The highest BCUT2D eigenvalue weighted by molar-refractivity contribution is 7.89. The van der Waals surface area contributed by atoms with Crippen molar-refractivity contribution < 1.29 is 26.1 Å². The van der Waals surface area contributed by atoms with Crippen LogP contribution in [0.3, 0.4) is 0 Å². The number of hydrogen-bond acceptors (Lipinski definition) is 6. The van der Waals surface area contributed by atoms with E-state index in [9.17, 15) is 21.6 Å². The average molecular weight is 448 g/mol. The zero-order valence-corrected chi connectivity index (χ0v) is 17.5. The topological polar surface area (TPSA) is 90.0 Å². The van der Waals surface area contributed by atoms with Crippen molar-refractivity contribution in [1.82, 2.24) is 19.7 Å². The molecule has 0 aromatic carbocycles. The minimum atomic E-state index is -4.52. The van der Waals surface area contributed by atoms with Gasteiger partial charge in [0.05, 0.1) is 21.7 Å². The number of rotatable bonds is 7. The van der Waals surface area contributed by atoms with Crippen LogP contribution in [-0.2, 0) is 22.7 Å². The second-order valence-electron chi connectivity index (χ2n) is 6.72. The summed E-state index contributed by atoms with van der Waals surface area (Å²) in [4.78, 5) is 1.29. The smallest absolute Gasteiger partial charge is 0.355 e. The molecule has 3 rings (SSSR count). The maximum Gasteiger partial charge on any atom is 0.433 e. The Labute approximate surface area is 169 Å². The molecule has 0 spiro atoms. The van der Waals surface area contributed by atoms with Crippen molar-refractivity contribution in [3.63, 3.8) is 0 Å². The van der Waals surface area contributed by atoms with Crippen LogP contribution >= 0.6 is 11.3 Å². The van der Waals surface area contributed by atoms with Gasteiger partial charge in [-0.2, -0.15) is 18.3 Å². The zero-order chi connectivity index (χ0) is 21.4. The van der Waals surface area contributed by atoms with E-state index in [1.54, 1.807) is 19.9 Å². The van der Waals surface area contributed by atoms with Gasteiger partial charge in [-0.05, 0) is 31.9 Å². The maximum absolute atomic E-state index is 13.1. The fourth-order valence-corrected chi connectivity index (χ4v) is 5.51. The molecule has 0 radical (unpaired) electrons. The number of halogens is 3. The van der Waals surface area contributed by atoms with Gasteiger partial charge in [0.1, 0.15) is 5.69 Å². The lowest BCUT2D eigenvalue weighted by molar-refractivity contribution is -0.144. The van der Waals surface area contributed by atoms with Crippen LogP contribution in [0.2, 0.25) is 0 Å². The summed E-state index contributed by atoms with van der Waals surface area (Å²) in [7, 11) is -3.84. The van der Waals surface area contributed by atoms with Gasteiger partial charge in [0.15, 0.2) is 5.76 Å². The fraction of sp³-hybridized carbons (Fsp3) is 0.412. The number of thiophene rings is 1. The lowest BCUT2D eigenvalue weighted by Crippen LogP contribution is -2.31. The SMILES string of the molecule is Cc1cc(C(F)(F)F)n(CC(C)CNS(=O)(=O)c2cc(-c3ccno3)sc2C)n1. The van der Waals surface area contributed by atoms with E-state index in [0.29, 0.717) is 15.5 Å². The molecule has 0 fully saturated rings. The van der Waals surface area contributed by atoms with Crippen molar-refractivity contribution in [3.8, 4) is 10.6 Å². The van der Waals surface area contributed by atoms with E-state index in [1.807, 2.05) is 0 Å². The Morgan fingerprint density at radius 3 is 2.66 bits per heavy atom. The van der Waals surface area contributed by atoms with Crippen molar-refractivity contribution >= 4 is 21.4 Å². The lowest BCUT2D eigenvalue weighted by Gasteiger charge is -2.16. The minimum absolute atomic E-state index is 0.0362. The first-order valence-corrected chi connectivity index (χ1v) is 10.9. The highest BCUT2D eigenvalue weighted by Gasteiger charge is 2.35. The van der Waals surface area contributed by atoms with Crippen molar-refractivity contribution in [2.24, 2.45) is 5.92 Å². The van der Waals surface area contributed by atoms with Crippen LogP contribution in [0.15, 0.2) is 33.8 Å². The van der Waals surface area contributed by atoms with Gasteiger partial charge < -0.3 is 4.52 Å². The molecule has 0 aliphatic heterocycles. The summed E-state index contributed by atoms with van der Waals surface area (Å²) in [5, 5.41) is 7.47. The summed E-state index contributed by atoms with van der Waals surface area (Å²) in [6.07, 6.45) is -3.06. The predicted molar refractivity (Wildman–Crippen MR) is 101 cm³/mol. The highest BCUT2D eigenvalue weighted by Crippen LogP contribution is 2.33. The van der Waals surface area contributed by atoms with E-state index in [4.69, 9.17) is 4.52 Å². The number of nitrogens with zero attached hydrogens (tertiary/aromatic N) is 3. The Kier molecular flexibility index (Phi) is 5.88. The summed E-state index contributed by atoms with van der Waals surface area (Å²) >= 11 is 1.25. The summed E-state index contributed by atoms with van der Waals surface area (Å²) in [5.74, 6) is 0.0412. The fourth-order valence-electron chi connectivity index (χ4n) is 2.80. The molecule has 3 aromatic heterocycles. The van der Waals surface area contributed by atoms with Crippen LogP contribution < -0.4 is 4.72 Å². The van der Waals surface area contributed by atoms with E-state index < -0.39 is 27.8 Å². The first-order valence-electron chi connectivity index (χ1n) is 8.60.